The van der Waals surface area contributed by atoms with E-state index in [1.165, 1.54) is 22.3 Å². The van der Waals surface area contributed by atoms with E-state index in [0.29, 0.717) is 11.5 Å². The van der Waals surface area contributed by atoms with Crippen molar-refractivity contribution in [3.05, 3.63) is 199 Å². The first-order valence-electron chi connectivity index (χ1n) is 21.4. The summed E-state index contributed by atoms with van der Waals surface area (Å²) in [5.41, 5.74) is 14.5. The van der Waals surface area contributed by atoms with Gasteiger partial charge in [-0.25, -0.2) is 4.98 Å². The fraction of sp³-hybridized carbons (Fsp3) is 0.158. The number of pyridine rings is 1. The van der Waals surface area contributed by atoms with E-state index in [9.17, 15) is 0 Å². The summed E-state index contributed by atoms with van der Waals surface area (Å²) in [5, 5.41) is 2.21. The number of aryl methyl sites for hydroxylation is 1. The van der Waals surface area contributed by atoms with Crippen LogP contribution in [0.2, 0.25) is 0 Å². The fourth-order valence-corrected chi connectivity index (χ4v) is 8.51. The molecular weight excluding hydrogens is 952 g/mol. The van der Waals surface area contributed by atoms with Crippen LogP contribution >= 0.6 is 0 Å². The summed E-state index contributed by atoms with van der Waals surface area (Å²) in [6.07, 6.45) is 2.00. The Balaban J connectivity index is 0.00000504. The molecule has 0 spiro atoms. The maximum atomic E-state index is 6.63. The Hall–Kier alpha value is -6.42. The molecule has 0 amide bonds. The van der Waals surface area contributed by atoms with Crippen LogP contribution in [0.1, 0.15) is 58.2 Å². The Morgan fingerprint density at radius 3 is 1.92 bits per heavy atom. The zero-order valence-electron chi connectivity index (χ0n) is 36.7. The molecule has 63 heavy (non-hydrogen) atoms. The molecule has 7 aromatic carbocycles. The molecule has 0 N–H and O–H groups in total. The van der Waals surface area contributed by atoms with Gasteiger partial charge in [0.2, 0.25) is 0 Å². The molecule has 6 heteroatoms. The molecule has 1 aliphatic rings. The summed E-state index contributed by atoms with van der Waals surface area (Å²) in [5.74, 6) is 2.03. The Bertz CT molecular complexity index is 3100. The summed E-state index contributed by atoms with van der Waals surface area (Å²) in [6.45, 7) is 18.0. The van der Waals surface area contributed by atoms with Crippen molar-refractivity contribution in [2.45, 2.75) is 59.3 Å². The zero-order chi connectivity index (χ0) is 42.8. The molecule has 0 radical (unpaired) electrons. The van der Waals surface area contributed by atoms with Gasteiger partial charge in [0, 0.05) is 66.9 Å². The third kappa shape index (κ3) is 7.96. The molecule has 316 valence electrons. The molecule has 9 aromatic rings. The van der Waals surface area contributed by atoms with Crippen LogP contribution in [0, 0.1) is 25.7 Å². The van der Waals surface area contributed by atoms with Crippen molar-refractivity contribution < 1.29 is 25.8 Å². The van der Waals surface area contributed by atoms with Crippen LogP contribution in [-0.2, 0) is 31.9 Å². The number of benzene rings is 7. The van der Waals surface area contributed by atoms with Crippen LogP contribution in [0.15, 0.2) is 164 Å². The molecule has 5 nitrogen and oxygen atoms in total. The van der Waals surface area contributed by atoms with E-state index >= 15 is 0 Å². The molecule has 0 unspecified atom stereocenters. The molecule has 2 aromatic heterocycles. The van der Waals surface area contributed by atoms with E-state index in [-0.39, 0.29) is 31.9 Å². The van der Waals surface area contributed by atoms with Crippen molar-refractivity contribution in [1.29, 1.82) is 0 Å². The maximum Gasteiger partial charge on any atom is 0.135 e. The molecule has 10 rings (SSSR count). The van der Waals surface area contributed by atoms with Gasteiger partial charge in [-0.3, -0.25) is 0 Å². The van der Waals surface area contributed by atoms with Gasteiger partial charge < -0.3 is 19.1 Å². The number of hydrogen-bond donors (Lipinski definition) is 0. The fourth-order valence-electron chi connectivity index (χ4n) is 8.51. The maximum absolute atomic E-state index is 6.63. The number of rotatable bonds is 7. The third-order valence-corrected chi connectivity index (χ3v) is 12.0. The van der Waals surface area contributed by atoms with Crippen molar-refractivity contribution in [3.63, 3.8) is 0 Å². The molecule has 0 saturated heterocycles. The topological polar surface area (TPSA) is 33.5 Å². The van der Waals surface area contributed by atoms with Gasteiger partial charge >= 0.3 is 0 Å². The Kier molecular flexibility index (Phi) is 10.9. The van der Waals surface area contributed by atoms with Crippen LogP contribution in [0.3, 0.4) is 0 Å². The second-order valence-corrected chi connectivity index (χ2v) is 18.4. The smallest absolute Gasteiger partial charge is 0.135 e. The molecule has 1 aliphatic heterocycles. The third-order valence-electron chi connectivity index (χ3n) is 12.0. The van der Waals surface area contributed by atoms with Gasteiger partial charge in [-0.2, -0.15) is 12.1 Å². The van der Waals surface area contributed by atoms with E-state index in [1.807, 2.05) is 30.5 Å². The van der Waals surface area contributed by atoms with Crippen molar-refractivity contribution in [2.75, 3.05) is 9.80 Å². The van der Waals surface area contributed by atoms with Gasteiger partial charge in [0.25, 0.3) is 0 Å². The number of aromatic nitrogens is 2. The number of hydrogen-bond acceptors (Lipinski definition) is 4. The molecule has 3 heterocycles. The second-order valence-electron chi connectivity index (χ2n) is 18.4. The van der Waals surface area contributed by atoms with Crippen molar-refractivity contribution >= 4 is 44.6 Å². The summed E-state index contributed by atoms with van der Waals surface area (Å²) in [6, 6.07) is 62.8. The molecule has 0 bridgehead atoms. The van der Waals surface area contributed by atoms with Crippen LogP contribution in [0.5, 0.6) is 11.5 Å². The van der Waals surface area contributed by atoms with Gasteiger partial charge in [0.15, 0.2) is 0 Å². The summed E-state index contributed by atoms with van der Waals surface area (Å²) in [4.78, 5) is 9.59. The van der Waals surface area contributed by atoms with E-state index in [4.69, 9.17) is 9.72 Å². The SMILES string of the molecule is Cc1cc(-n2c3[c-]c(Oc4[c-]c(N5[CH-]N(c6cc(C(C)(C)C)cc(C(C)(C)C)c6)c6ccccc65)ccc4)ccc3c3ccccc32)ncc1-c1cccc(-c2ccccc2)c1.[Pt]. The van der Waals surface area contributed by atoms with Gasteiger partial charge in [0.05, 0.1) is 0 Å². The normalized spacial score (nSPS) is 12.7. The minimum atomic E-state index is -0.00102. The molecule has 0 saturated carbocycles. The molecular formula is C57H49N4OPt-3. The summed E-state index contributed by atoms with van der Waals surface area (Å²) >= 11 is 0. The molecule has 0 fully saturated rings. The first-order chi connectivity index (χ1) is 29.9. The summed E-state index contributed by atoms with van der Waals surface area (Å²) < 4.78 is 8.82. The zero-order valence-corrected chi connectivity index (χ0v) is 39.0. The predicted molar refractivity (Wildman–Crippen MR) is 257 cm³/mol. The average Bonchev–Trinajstić information content (AvgIpc) is 3.82. The van der Waals surface area contributed by atoms with Crippen LogP contribution in [0.25, 0.3) is 49.9 Å². The van der Waals surface area contributed by atoms with E-state index in [2.05, 4.69) is 215 Å². The Morgan fingerprint density at radius 1 is 0.556 bits per heavy atom. The standard InChI is InChI=1S/C57H49N4O.Pt/c1-38-29-55(58-36-50(38)41-20-15-19-40(30-41)39-17-9-8-10-18-39)61-51-24-12-11-23-48(51)49-28-27-47(35-54(49)61)62-46-22-16-21-44(34-46)59-37-60(53-26-14-13-25-52(53)59)45-32-42(56(2,3)4)31-43(33-45)57(5,6)7;/h8-33,36-37H,1-7H3;/q-3;. The monoisotopic (exact) mass is 1000 g/mol. The quantitative estimate of drug-likeness (QED) is 0.149. The minimum absolute atomic E-state index is 0. The number of nitrogens with zero attached hydrogens (tertiary/aromatic N) is 4. The van der Waals surface area contributed by atoms with Crippen LogP contribution < -0.4 is 14.5 Å². The molecule has 0 aliphatic carbocycles. The number of para-hydroxylation sites is 3. The van der Waals surface area contributed by atoms with Gasteiger partial charge in [-0.05, 0) is 99.0 Å². The predicted octanol–water partition coefficient (Wildman–Crippen LogP) is 15.2. The minimum Gasteiger partial charge on any atom is -0.509 e. The van der Waals surface area contributed by atoms with Crippen LogP contribution in [0.4, 0.5) is 22.7 Å². The van der Waals surface area contributed by atoms with E-state index in [1.54, 1.807) is 0 Å². The Morgan fingerprint density at radius 2 is 1.19 bits per heavy atom. The Labute approximate surface area is 385 Å². The number of ether oxygens (including phenoxy) is 1. The van der Waals surface area contributed by atoms with E-state index < -0.39 is 0 Å². The van der Waals surface area contributed by atoms with Crippen molar-refractivity contribution in [2.24, 2.45) is 0 Å². The first-order valence-corrected chi connectivity index (χ1v) is 21.4. The van der Waals surface area contributed by atoms with Gasteiger partial charge in [-0.1, -0.05) is 132 Å². The number of fused-ring (bicyclic) bond motifs is 4. The summed E-state index contributed by atoms with van der Waals surface area (Å²) in [7, 11) is 0. The largest absolute Gasteiger partial charge is 0.509 e. The average molecular weight is 1000 g/mol. The second kappa shape index (κ2) is 16.4. The van der Waals surface area contributed by atoms with Gasteiger partial charge in [-0.15, -0.1) is 48.1 Å². The van der Waals surface area contributed by atoms with Crippen LogP contribution in [-0.4, -0.2) is 9.55 Å². The van der Waals surface area contributed by atoms with Gasteiger partial charge in [0.1, 0.15) is 5.82 Å². The van der Waals surface area contributed by atoms with E-state index in [0.717, 1.165) is 67.1 Å². The first kappa shape index (κ1) is 41.9. The van der Waals surface area contributed by atoms with Crippen molar-refractivity contribution in [3.8, 4) is 39.6 Å². The number of anilines is 4. The van der Waals surface area contributed by atoms with Crippen molar-refractivity contribution in [1.82, 2.24) is 9.55 Å². The molecule has 0 atom stereocenters.